The van der Waals surface area contributed by atoms with Gasteiger partial charge in [0.15, 0.2) is 0 Å². The first-order chi connectivity index (χ1) is 11.6. The van der Waals surface area contributed by atoms with E-state index in [1.54, 1.807) is 18.9 Å². The van der Waals surface area contributed by atoms with Crippen molar-refractivity contribution < 1.29 is 13.2 Å². The van der Waals surface area contributed by atoms with Crippen LogP contribution in [0.4, 0.5) is 5.69 Å². The van der Waals surface area contributed by atoms with Crippen molar-refractivity contribution in [3.05, 3.63) is 29.3 Å². The Labute approximate surface area is 152 Å². The van der Waals surface area contributed by atoms with Crippen molar-refractivity contribution in [2.75, 3.05) is 17.6 Å². The standard InChI is InChI=1S/C19H30N2O3S/c1-14-11-15(2)13-18(12-14)21(25(5,23)24)16(3)19(22)20(4)17-9-7-6-8-10-17/h11-13,16-17H,6-10H2,1-5H3/t16-/m1/s1. The Bertz CT molecular complexity index is 704. The lowest BCUT2D eigenvalue weighted by atomic mass is 9.94. The number of likely N-dealkylation sites (N-methyl/N-ethyl adjacent to an activating group) is 1. The number of anilines is 1. The van der Waals surface area contributed by atoms with Crippen molar-refractivity contribution in [2.45, 2.75) is 65.0 Å². The molecule has 0 N–H and O–H groups in total. The molecule has 0 heterocycles. The predicted octanol–water partition coefficient (Wildman–Crippen LogP) is 3.25. The summed E-state index contributed by atoms with van der Waals surface area (Å²) in [6.07, 6.45) is 6.63. The molecule has 1 atom stereocenters. The van der Waals surface area contributed by atoms with Crippen LogP contribution in [0.5, 0.6) is 0 Å². The van der Waals surface area contributed by atoms with Gasteiger partial charge in [-0.25, -0.2) is 8.42 Å². The van der Waals surface area contributed by atoms with Crippen LogP contribution >= 0.6 is 0 Å². The number of sulfonamides is 1. The fourth-order valence-corrected chi connectivity index (χ4v) is 4.98. The molecule has 0 spiro atoms. The summed E-state index contributed by atoms with van der Waals surface area (Å²) >= 11 is 0. The molecule has 2 rings (SSSR count). The second-order valence-electron chi connectivity index (χ2n) is 7.32. The minimum absolute atomic E-state index is 0.142. The molecule has 1 aliphatic carbocycles. The zero-order valence-corrected chi connectivity index (χ0v) is 16.8. The van der Waals surface area contributed by atoms with Crippen molar-refractivity contribution in [2.24, 2.45) is 0 Å². The van der Waals surface area contributed by atoms with Gasteiger partial charge < -0.3 is 4.90 Å². The summed E-state index contributed by atoms with van der Waals surface area (Å²) in [6.45, 7) is 5.54. The first-order valence-corrected chi connectivity index (χ1v) is 10.8. The zero-order valence-electron chi connectivity index (χ0n) is 15.9. The maximum absolute atomic E-state index is 13.0. The van der Waals surface area contributed by atoms with Gasteiger partial charge in [0.25, 0.3) is 0 Å². The molecule has 1 aliphatic rings. The van der Waals surface area contributed by atoms with E-state index >= 15 is 0 Å². The molecule has 1 aromatic carbocycles. The van der Waals surface area contributed by atoms with E-state index in [0.29, 0.717) is 5.69 Å². The fraction of sp³-hybridized carbons (Fsp3) is 0.632. The van der Waals surface area contributed by atoms with Gasteiger partial charge in [-0.15, -0.1) is 0 Å². The van der Waals surface area contributed by atoms with Crippen molar-refractivity contribution >= 4 is 21.6 Å². The van der Waals surface area contributed by atoms with Gasteiger partial charge in [0, 0.05) is 13.1 Å². The molecular formula is C19H30N2O3S. The van der Waals surface area contributed by atoms with Crippen LogP contribution in [0.3, 0.4) is 0 Å². The minimum Gasteiger partial charge on any atom is -0.341 e. The highest BCUT2D eigenvalue weighted by Crippen LogP contribution is 2.27. The Hall–Kier alpha value is -1.56. The summed E-state index contributed by atoms with van der Waals surface area (Å²) in [5, 5.41) is 0. The number of carbonyl (C=O) groups is 1. The predicted molar refractivity (Wildman–Crippen MR) is 102 cm³/mol. The molecule has 0 bridgehead atoms. The van der Waals surface area contributed by atoms with Crippen LogP contribution in [0.1, 0.15) is 50.2 Å². The quantitative estimate of drug-likeness (QED) is 0.804. The molecule has 1 saturated carbocycles. The zero-order chi connectivity index (χ0) is 18.8. The topological polar surface area (TPSA) is 57.7 Å². The normalized spacial score (nSPS) is 17.2. The number of benzene rings is 1. The van der Waals surface area contributed by atoms with Gasteiger partial charge in [-0.3, -0.25) is 9.10 Å². The van der Waals surface area contributed by atoms with Crippen LogP contribution in [0.2, 0.25) is 0 Å². The molecule has 1 amide bonds. The van der Waals surface area contributed by atoms with Crippen LogP contribution in [-0.2, 0) is 14.8 Å². The van der Waals surface area contributed by atoms with E-state index in [-0.39, 0.29) is 11.9 Å². The second-order valence-corrected chi connectivity index (χ2v) is 9.18. The van der Waals surface area contributed by atoms with E-state index in [9.17, 15) is 13.2 Å². The number of nitrogens with zero attached hydrogens (tertiary/aromatic N) is 2. The van der Waals surface area contributed by atoms with Crippen molar-refractivity contribution in [3.8, 4) is 0 Å². The van der Waals surface area contributed by atoms with E-state index in [0.717, 1.165) is 43.1 Å². The average molecular weight is 367 g/mol. The van der Waals surface area contributed by atoms with Crippen molar-refractivity contribution in [1.82, 2.24) is 4.90 Å². The highest BCUT2D eigenvalue weighted by molar-refractivity contribution is 7.92. The average Bonchev–Trinajstić information content (AvgIpc) is 2.52. The highest BCUT2D eigenvalue weighted by atomic mass is 32.2. The van der Waals surface area contributed by atoms with Gasteiger partial charge in [0.1, 0.15) is 6.04 Å². The number of rotatable bonds is 5. The van der Waals surface area contributed by atoms with Crippen molar-refractivity contribution in [3.63, 3.8) is 0 Å². The van der Waals surface area contributed by atoms with E-state index in [2.05, 4.69) is 0 Å². The monoisotopic (exact) mass is 366 g/mol. The fourth-order valence-electron chi connectivity index (χ4n) is 3.82. The number of hydrogen-bond donors (Lipinski definition) is 0. The summed E-state index contributed by atoms with van der Waals surface area (Å²) in [7, 11) is -1.77. The van der Waals surface area contributed by atoms with E-state index in [1.165, 1.54) is 10.7 Å². The Morgan fingerprint density at radius 1 is 1.08 bits per heavy atom. The molecular weight excluding hydrogens is 336 g/mol. The highest BCUT2D eigenvalue weighted by Gasteiger charge is 2.33. The van der Waals surface area contributed by atoms with Gasteiger partial charge in [-0.05, 0) is 56.9 Å². The summed E-state index contributed by atoms with van der Waals surface area (Å²) in [6, 6.07) is 5.08. The van der Waals surface area contributed by atoms with E-state index in [4.69, 9.17) is 0 Å². The van der Waals surface area contributed by atoms with Gasteiger partial charge in [0.2, 0.25) is 15.9 Å². The molecule has 140 valence electrons. The number of amides is 1. The van der Waals surface area contributed by atoms with Crippen LogP contribution in [0.25, 0.3) is 0 Å². The van der Waals surface area contributed by atoms with Crippen LogP contribution in [-0.4, -0.2) is 44.6 Å². The summed E-state index contributed by atoms with van der Waals surface area (Å²) in [5.41, 5.74) is 2.51. The number of aryl methyl sites for hydroxylation is 2. The summed E-state index contributed by atoms with van der Waals surface area (Å²) < 4.78 is 26.2. The number of hydrogen-bond acceptors (Lipinski definition) is 3. The maximum Gasteiger partial charge on any atom is 0.246 e. The third-order valence-corrected chi connectivity index (χ3v) is 6.24. The molecule has 0 saturated heterocycles. The minimum atomic E-state index is -3.57. The Morgan fingerprint density at radius 3 is 2.08 bits per heavy atom. The molecule has 5 nitrogen and oxygen atoms in total. The lowest BCUT2D eigenvalue weighted by Gasteiger charge is -2.36. The van der Waals surface area contributed by atoms with Gasteiger partial charge >= 0.3 is 0 Å². The third kappa shape index (κ3) is 4.75. The largest absolute Gasteiger partial charge is 0.341 e. The smallest absolute Gasteiger partial charge is 0.246 e. The summed E-state index contributed by atoms with van der Waals surface area (Å²) in [5.74, 6) is -0.142. The molecule has 0 aliphatic heterocycles. The molecule has 0 radical (unpaired) electrons. The molecule has 0 unspecified atom stereocenters. The van der Waals surface area contributed by atoms with Crippen LogP contribution < -0.4 is 4.31 Å². The molecule has 1 aromatic rings. The van der Waals surface area contributed by atoms with Crippen LogP contribution in [0, 0.1) is 13.8 Å². The summed E-state index contributed by atoms with van der Waals surface area (Å²) in [4.78, 5) is 14.7. The Kier molecular flexibility index (Phi) is 6.14. The van der Waals surface area contributed by atoms with Crippen molar-refractivity contribution in [1.29, 1.82) is 0 Å². The van der Waals surface area contributed by atoms with Gasteiger partial charge in [-0.1, -0.05) is 25.3 Å². The van der Waals surface area contributed by atoms with E-state index in [1.807, 2.05) is 32.0 Å². The molecule has 0 aromatic heterocycles. The molecule has 1 fully saturated rings. The first kappa shape index (κ1) is 19.8. The Morgan fingerprint density at radius 2 is 1.60 bits per heavy atom. The molecule has 25 heavy (non-hydrogen) atoms. The van der Waals surface area contributed by atoms with E-state index < -0.39 is 16.1 Å². The van der Waals surface area contributed by atoms with Gasteiger partial charge in [-0.2, -0.15) is 0 Å². The first-order valence-electron chi connectivity index (χ1n) is 8.95. The lowest BCUT2D eigenvalue weighted by molar-refractivity contribution is -0.133. The number of carbonyl (C=O) groups excluding carboxylic acids is 1. The van der Waals surface area contributed by atoms with Gasteiger partial charge in [0.05, 0.1) is 11.9 Å². The van der Waals surface area contributed by atoms with Crippen LogP contribution in [0.15, 0.2) is 18.2 Å². The lowest BCUT2D eigenvalue weighted by Crippen LogP contribution is -2.51. The third-order valence-electron chi connectivity index (χ3n) is 5.00. The SMILES string of the molecule is Cc1cc(C)cc(N([C@H](C)C(=O)N(C)C2CCCCC2)S(C)(=O)=O)c1. The molecule has 6 heteroatoms. The maximum atomic E-state index is 13.0. The second kappa shape index (κ2) is 7.77. The Balaban J connectivity index is 2.32.